The molecule has 0 saturated carbocycles. The molecule has 27 heavy (non-hydrogen) atoms. The Bertz CT molecular complexity index is 975. The third-order valence-corrected chi connectivity index (χ3v) is 5.60. The van der Waals surface area contributed by atoms with E-state index in [1.807, 2.05) is 29.0 Å². The zero-order chi connectivity index (χ0) is 19.4. The Morgan fingerprint density at radius 1 is 1.41 bits per heavy atom. The number of nitrogens with one attached hydrogen (secondary N) is 1. The van der Waals surface area contributed by atoms with E-state index in [2.05, 4.69) is 15.5 Å². The summed E-state index contributed by atoms with van der Waals surface area (Å²) in [5.41, 5.74) is -0.149. The number of hydrogen-bond acceptors (Lipinski definition) is 7. The molecule has 1 amide bonds. The van der Waals surface area contributed by atoms with E-state index in [0.29, 0.717) is 16.7 Å². The lowest BCUT2D eigenvalue weighted by Gasteiger charge is -2.08. The minimum Gasteiger partial charge on any atom is -0.320 e. The van der Waals surface area contributed by atoms with Crippen LogP contribution in [-0.4, -0.2) is 31.3 Å². The van der Waals surface area contributed by atoms with E-state index in [1.54, 1.807) is 11.3 Å². The van der Waals surface area contributed by atoms with Crippen LogP contribution in [0.1, 0.15) is 6.92 Å². The first kappa shape index (κ1) is 19.3. The molecule has 11 heteroatoms. The monoisotopic (exact) mass is 423 g/mol. The molecule has 3 aromatic rings. The van der Waals surface area contributed by atoms with Crippen LogP contribution in [0.15, 0.2) is 40.9 Å². The van der Waals surface area contributed by atoms with Crippen molar-refractivity contribution in [2.45, 2.75) is 18.6 Å². The zero-order valence-corrected chi connectivity index (χ0v) is 16.5. The third kappa shape index (κ3) is 4.46. The van der Waals surface area contributed by atoms with Crippen molar-refractivity contribution in [1.82, 2.24) is 14.8 Å². The normalized spacial score (nSPS) is 10.7. The summed E-state index contributed by atoms with van der Waals surface area (Å²) in [6, 6.07) is 7.91. The Morgan fingerprint density at radius 3 is 2.89 bits per heavy atom. The molecule has 2 aromatic heterocycles. The lowest BCUT2D eigenvalue weighted by molar-refractivity contribution is -0.383. The summed E-state index contributed by atoms with van der Waals surface area (Å²) in [5.74, 6) is 0.390. The Hall–Kier alpha value is -2.43. The van der Waals surface area contributed by atoms with Crippen molar-refractivity contribution in [2.75, 3.05) is 11.1 Å². The molecule has 0 aliphatic rings. The molecule has 140 valence electrons. The van der Waals surface area contributed by atoms with Crippen molar-refractivity contribution in [2.24, 2.45) is 0 Å². The van der Waals surface area contributed by atoms with Crippen molar-refractivity contribution in [1.29, 1.82) is 0 Å². The summed E-state index contributed by atoms with van der Waals surface area (Å²) >= 11 is 8.65. The lowest BCUT2D eigenvalue weighted by atomic mass is 10.2. The SMILES string of the molecule is CCn1c(SCC(=O)Nc2cc(Cl)ccc2[N+](=O)[O-])nnc1-c1cccs1. The van der Waals surface area contributed by atoms with Crippen molar-refractivity contribution in [3.8, 4) is 10.7 Å². The number of aromatic nitrogens is 3. The number of nitro groups is 1. The Morgan fingerprint density at radius 2 is 2.22 bits per heavy atom. The van der Waals surface area contributed by atoms with Gasteiger partial charge in [-0.05, 0) is 30.5 Å². The Labute approximate surface area is 167 Å². The van der Waals surface area contributed by atoms with Gasteiger partial charge in [0.1, 0.15) is 5.69 Å². The van der Waals surface area contributed by atoms with Gasteiger partial charge in [0.2, 0.25) is 5.91 Å². The van der Waals surface area contributed by atoms with E-state index >= 15 is 0 Å². The van der Waals surface area contributed by atoms with Crippen molar-refractivity contribution < 1.29 is 9.72 Å². The molecule has 0 radical (unpaired) electrons. The summed E-state index contributed by atoms with van der Waals surface area (Å²) in [7, 11) is 0. The van der Waals surface area contributed by atoms with Crippen LogP contribution in [0.5, 0.6) is 0 Å². The molecule has 0 unspecified atom stereocenters. The number of nitro benzene ring substituents is 1. The smallest absolute Gasteiger partial charge is 0.292 e. The third-order valence-electron chi connectivity index (χ3n) is 3.54. The molecule has 0 atom stereocenters. The van der Waals surface area contributed by atoms with Crippen LogP contribution >= 0.6 is 34.7 Å². The van der Waals surface area contributed by atoms with Gasteiger partial charge in [-0.1, -0.05) is 29.4 Å². The fourth-order valence-electron chi connectivity index (χ4n) is 2.35. The first-order valence-electron chi connectivity index (χ1n) is 7.83. The van der Waals surface area contributed by atoms with Crippen LogP contribution in [0.25, 0.3) is 10.7 Å². The first-order chi connectivity index (χ1) is 13.0. The second-order valence-electron chi connectivity index (χ2n) is 5.28. The summed E-state index contributed by atoms with van der Waals surface area (Å²) < 4.78 is 1.92. The summed E-state index contributed by atoms with van der Waals surface area (Å²) in [6.45, 7) is 2.63. The topological polar surface area (TPSA) is 103 Å². The number of nitrogens with zero attached hydrogens (tertiary/aromatic N) is 4. The van der Waals surface area contributed by atoms with E-state index in [0.717, 1.165) is 10.7 Å². The van der Waals surface area contributed by atoms with Gasteiger partial charge in [-0.2, -0.15) is 0 Å². The molecule has 2 heterocycles. The van der Waals surface area contributed by atoms with Gasteiger partial charge in [0.05, 0.1) is 15.6 Å². The summed E-state index contributed by atoms with van der Waals surface area (Å²) in [6.07, 6.45) is 0. The standard InChI is InChI=1S/C16H14ClN5O3S2/c1-2-21-15(13-4-3-7-26-13)19-20-16(21)27-9-14(23)18-11-8-10(17)5-6-12(11)22(24)25/h3-8H,2,9H2,1H3,(H,18,23). The molecule has 8 nitrogen and oxygen atoms in total. The number of amides is 1. The van der Waals surface area contributed by atoms with E-state index in [1.165, 1.54) is 30.0 Å². The predicted octanol–water partition coefficient (Wildman–Crippen LogP) is 4.32. The van der Waals surface area contributed by atoms with Gasteiger partial charge in [-0.15, -0.1) is 21.5 Å². The van der Waals surface area contributed by atoms with Crippen molar-refractivity contribution in [3.63, 3.8) is 0 Å². The van der Waals surface area contributed by atoms with Gasteiger partial charge < -0.3 is 9.88 Å². The van der Waals surface area contributed by atoms with Crippen LogP contribution in [0.2, 0.25) is 5.02 Å². The number of carbonyl (C=O) groups is 1. The minimum absolute atomic E-state index is 0.0340. The first-order valence-corrected chi connectivity index (χ1v) is 10.1. The maximum atomic E-state index is 12.3. The van der Waals surface area contributed by atoms with E-state index in [9.17, 15) is 14.9 Å². The average Bonchev–Trinajstić information content (AvgIpc) is 3.28. The van der Waals surface area contributed by atoms with Gasteiger partial charge in [0.15, 0.2) is 11.0 Å². The highest BCUT2D eigenvalue weighted by Crippen LogP contribution is 2.29. The molecule has 0 spiro atoms. The number of benzene rings is 1. The number of carbonyl (C=O) groups excluding carboxylic acids is 1. The summed E-state index contributed by atoms with van der Waals surface area (Å²) in [5, 5.41) is 24.8. The molecule has 1 aromatic carbocycles. The quantitative estimate of drug-likeness (QED) is 0.345. The van der Waals surface area contributed by atoms with Gasteiger partial charge in [0.25, 0.3) is 5.69 Å². The maximum absolute atomic E-state index is 12.3. The fraction of sp³-hybridized carbons (Fsp3) is 0.188. The average molecular weight is 424 g/mol. The minimum atomic E-state index is -0.569. The van der Waals surface area contributed by atoms with Crippen LogP contribution in [-0.2, 0) is 11.3 Å². The van der Waals surface area contributed by atoms with Crippen LogP contribution in [0.3, 0.4) is 0 Å². The molecule has 0 aliphatic heterocycles. The molecule has 0 aliphatic carbocycles. The van der Waals surface area contributed by atoms with Crippen LogP contribution in [0.4, 0.5) is 11.4 Å². The number of hydrogen-bond donors (Lipinski definition) is 1. The molecule has 1 N–H and O–H groups in total. The highest BCUT2D eigenvalue weighted by atomic mass is 35.5. The van der Waals surface area contributed by atoms with E-state index in [4.69, 9.17) is 11.6 Å². The molecule has 0 fully saturated rings. The maximum Gasteiger partial charge on any atom is 0.292 e. The fourth-order valence-corrected chi connectivity index (χ4v) is 4.04. The Balaban J connectivity index is 1.70. The second kappa shape index (κ2) is 8.51. The van der Waals surface area contributed by atoms with Gasteiger partial charge in [-0.3, -0.25) is 14.9 Å². The van der Waals surface area contributed by atoms with Crippen LogP contribution in [0, 0.1) is 10.1 Å². The van der Waals surface area contributed by atoms with Crippen LogP contribution < -0.4 is 5.32 Å². The Kier molecular flexibility index (Phi) is 6.09. The zero-order valence-electron chi connectivity index (χ0n) is 14.1. The summed E-state index contributed by atoms with van der Waals surface area (Å²) in [4.78, 5) is 23.8. The highest BCUT2D eigenvalue weighted by molar-refractivity contribution is 7.99. The molecular formula is C16H14ClN5O3S2. The highest BCUT2D eigenvalue weighted by Gasteiger charge is 2.18. The largest absolute Gasteiger partial charge is 0.320 e. The van der Waals surface area contributed by atoms with E-state index < -0.39 is 10.8 Å². The number of thiophene rings is 1. The molecule has 0 saturated heterocycles. The van der Waals surface area contributed by atoms with Gasteiger partial charge in [-0.25, -0.2) is 0 Å². The lowest BCUT2D eigenvalue weighted by Crippen LogP contribution is -2.15. The molecule has 3 rings (SSSR count). The molecule has 0 bridgehead atoms. The number of rotatable bonds is 7. The van der Waals surface area contributed by atoms with E-state index in [-0.39, 0.29) is 17.1 Å². The van der Waals surface area contributed by atoms with Crippen molar-refractivity contribution >= 4 is 52.0 Å². The number of halogens is 1. The van der Waals surface area contributed by atoms with Gasteiger partial charge >= 0.3 is 0 Å². The number of thioether (sulfide) groups is 1. The molecular weight excluding hydrogens is 410 g/mol. The second-order valence-corrected chi connectivity index (χ2v) is 7.61. The number of anilines is 1. The predicted molar refractivity (Wildman–Crippen MR) is 106 cm³/mol. The van der Waals surface area contributed by atoms with Gasteiger partial charge in [0, 0.05) is 17.6 Å². The van der Waals surface area contributed by atoms with Crippen molar-refractivity contribution in [3.05, 3.63) is 50.8 Å².